The molecule has 1 aromatic carbocycles. The number of nitrogens with one attached hydrogen (secondary N) is 1. The highest BCUT2D eigenvalue weighted by molar-refractivity contribution is 7.89. The lowest BCUT2D eigenvalue weighted by Crippen LogP contribution is -2.35. The summed E-state index contributed by atoms with van der Waals surface area (Å²) in [5.74, 6) is 0. The van der Waals surface area contributed by atoms with Crippen LogP contribution in [0.25, 0.3) is 10.9 Å². The molecule has 0 atom stereocenters. The van der Waals surface area contributed by atoms with E-state index in [4.69, 9.17) is 5.73 Å². The zero-order chi connectivity index (χ0) is 14.3. The van der Waals surface area contributed by atoms with E-state index in [1.54, 1.807) is 31.4 Å². The number of nitrogens with two attached hydrogens (primary N) is 1. The molecule has 1 aliphatic carbocycles. The number of H-pyrrole nitrogens is 1. The lowest BCUT2D eigenvalue weighted by atomic mass is 10.2. The fourth-order valence-corrected chi connectivity index (χ4v) is 4.51. The topological polar surface area (TPSA) is 79.2 Å². The Kier molecular flexibility index (Phi) is 3.22. The van der Waals surface area contributed by atoms with E-state index >= 15 is 0 Å². The van der Waals surface area contributed by atoms with Gasteiger partial charge >= 0.3 is 0 Å². The standard InChI is InChI=1S/C14H19N3O2S/c1-17(11-4-2-3-5-11)20(18,19)14-9-16-13-7-6-10(15)8-12(13)14/h6-9,11,16H,2-5,15H2,1H3. The second kappa shape index (κ2) is 4.79. The quantitative estimate of drug-likeness (QED) is 0.852. The van der Waals surface area contributed by atoms with Gasteiger partial charge in [0, 0.05) is 35.9 Å². The average Bonchev–Trinajstić information content (AvgIpc) is 3.06. The first-order chi connectivity index (χ1) is 9.50. The maximum absolute atomic E-state index is 12.8. The van der Waals surface area contributed by atoms with E-state index in [-0.39, 0.29) is 6.04 Å². The molecule has 0 amide bonds. The van der Waals surface area contributed by atoms with Gasteiger partial charge in [-0.3, -0.25) is 0 Å². The molecule has 0 radical (unpaired) electrons. The fourth-order valence-electron chi connectivity index (χ4n) is 2.95. The van der Waals surface area contributed by atoms with Crippen LogP contribution in [-0.4, -0.2) is 30.8 Å². The molecule has 1 heterocycles. The van der Waals surface area contributed by atoms with Crippen molar-refractivity contribution in [1.29, 1.82) is 0 Å². The zero-order valence-electron chi connectivity index (χ0n) is 11.5. The van der Waals surface area contributed by atoms with Gasteiger partial charge in [-0.05, 0) is 31.0 Å². The Balaban J connectivity index is 2.06. The molecule has 0 unspecified atom stereocenters. The van der Waals surface area contributed by atoms with Gasteiger partial charge in [-0.1, -0.05) is 12.8 Å². The Hall–Kier alpha value is -1.53. The molecule has 5 nitrogen and oxygen atoms in total. The van der Waals surface area contributed by atoms with Crippen molar-refractivity contribution < 1.29 is 8.42 Å². The van der Waals surface area contributed by atoms with E-state index < -0.39 is 10.0 Å². The Morgan fingerprint density at radius 1 is 1.30 bits per heavy atom. The molecular formula is C14H19N3O2S. The number of nitrogens with zero attached hydrogens (tertiary/aromatic N) is 1. The van der Waals surface area contributed by atoms with Gasteiger partial charge in [0.05, 0.1) is 0 Å². The van der Waals surface area contributed by atoms with E-state index in [2.05, 4.69) is 4.98 Å². The molecule has 0 saturated heterocycles. The summed E-state index contributed by atoms with van der Waals surface area (Å²) in [6.07, 6.45) is 5.65. The van der Waals surface area contributed by atoms with Crippen molar-refractivity contribution in [3.63, 3.8) is 0 Å². The summed E-state index contributed by atoms with van der Waals surface area (Å²) in [4.78, 5) is 3.32. The first-order valence-corrected chi connectivity index (χ1v) is 8.29. The van der Waals surface area contributed by atoms with Crippen LogP contribution in [-0.2, 0) is 10.0 Å². The number of hydrogen-bond acceptors (Lipinski definition) is 3. The number of rotatable bonds is 3. The maximum atomic E-state index is 12.8. The fraction of sp³-hybridized carbons (Fsp3) is 0.429. The van der Waals surface area contributed by atoms with Gasteiger partial charge in [-0.25, -0.2) is 8.42 Å². The molecule has 1 saturated carbocycles. The SMILES string of the molecule is CN(C1CCCC1)S(=O)(=O)c1c[nH]c2ccc(N)cc12. The van der Waals surface area contributed by atoms with Gasteiger partial charge in [-0.2, -0.15) is 4.31 Å². The third kappa shape index (κ3) is 2.09. The summed E-state index contributed by atoms with van der Waals surface area (Å²) in [5.41, 5.74) is 7.13. The highest BCUT2D eigenvalue weighted by Gasteiger charge is 2.31. The molecular weight excluding hydrogens is 274 g/mol. The highest BCUT2D eigenvalue weighted by atomic mass is 32.2. The van der Waals surface area contributed by atoms with Crippen LogP contribution in [0.1, 0.15) is 25.7 Å². The van der Waals surface area contributed by atoms with Crippen LogP contribution >= 0.6 is 0 Å². The molecule has 0 spiro atoms. The first kappa shape index (κ1) is 13.5. The first-order valence-electron chi connectivity index (χ1n) is 6.85. The summed E-state index contributed by atoms with van der Waals surface area (Å²) in [5, 5.41) is 0.662. The number of anilines is 1. The van der Waals surface area contributed by atoms with Gasteiger partial charge in [0.1, 0.15) is 4.90 Å². The van der Waals surface area contributed by atoms with E-state index in [1.807, 2.05) is 0 Å². The highest BCUT2D eigenvalue weighted by Crippen LogP contribution is 2.31. The molecule has 108 valence electrons. The number of aromatic amines is 1. The summed E-state index contributed by atoms with van der Waals surface area (Å²) in [6.45, 7) is 0. The van der Waals surface area contributed by atoms with Crippen LogP contribution in [0.5, 0.6) is 0 Å². The van der Waals surface area contributed by atoms with E-state index in [0.29, 0.717) is 16.0 Å². The second-order valence-corrected chi connectivity index (χ2v) is 7.38. The Labute approximate surface area is 118 Å². The van der Waals surface area contributed by atoms with Crippen LogP contribution in [0.3, 0.4) is 0 Å². The van der Waals surface area contributed by atoms with Gasteiger partial charge in [-0.15, -0.1) is 0 Å². The molecule has 3 N–H and O–H groups in total. The van der Waals surface area contributed by atoms with Crippen LogP contribution in [0, 0.1) is 0 Å². The lowest BCUT2D eigenvalue weighted by molar-refractivity contribution is 0.373. The minimum atomic E-state index is -3.48. The monoisotopic (exact) mass is 293 g/mol. The molecule has 6 heteroatoms. The zero-order valence-corrected chi connectivity index (χ0v) is 12.3. The van der Waals surface area contributed by atoms with Crippen molar-refractivity contribution in [2.45, 2.75) is 36.6 Å². The summed E-state index contributed by atoms with van der Waals surface area (Å²) in [7, 11) is -1.80. The minimum absolute atomic E-state index is 0.117. The molecule has 2 aromatic rings. The third-order valence-corrected chi connectivity index (χ3v) is 6.11. The predicted molar refractivity (Wildman–Crippen MR) is 79.9 cm³/mol. The van der Waals surface area contributed by atoms with Crippen molar-refractivity contribution in [2.75, 3.05) is 12.8 Å². The van der Waals surface area contributed by atoms with Gasteiger partial charge in [0.15, 0.2) is 0 Å². The van der Waals surface area contributed by atoms with Gasteiger partial charge < -0.3 is 10.7 Å². The Morgan fingerprint density at radius 2 is 2.00 bits per heavy atom. The predicted octanol–water partition coefficient (Wildman–Crippen LogP) is 2.31. The van der Waals surface area contributed by atoms with Crippen molar-refractivity contribution >= 4 is 26.6 Å². The molecule has 0 bridgehead atoms. The van der Waals surface area contributed by atoms with E-state index in [9.17, 15) is 8.42 Å². The third-order valence-electron chi connectivity index (χ3n) is 4.16. The number of aromatic nitrogens is 1. The van der Waals surface area contributed by atoms with Crippen molar-refractivity contribution in [3.8, 4) is 0 Å². The normalized spacial score (nSPS) is 17.3. The maximum Gasteiger partial charge on any atom is 0.245 e. The van der Waals surface area contributed by atoms with Crippen LogP contribution in [0.2, 0.25) is 0 Å². The number of nitrogen functional groups attached to an aromatic ring is 1. The second-order valence-electron chi connectivity index (χ2n) is 5.42. The largest absolute Gasteiger partial charge is 0.399 e. The Bertz CT molecular complexity index is 730. The van der Waals surface area contributed by atoms with Crippen LogP contribution in [0.15, 0.2) is 29.3 Å². The number of hydrogen-bond donors (Lipinski definition) is 2. The van der Waals surface area contributed by atoms with Crippen molar-refractivity contribution in [2.24, 2.45) is 0 Å². The summed E-state index contributed by atoms with van der Waals surface area (Å²) in [6, 6.07) is 5.39. The lowest BCUT2D eigenvalue weighted by Gasteiger charge is -2.23. The molecule has 3 rings (SSSR count). The smallest absolute Gasteiger partial charge is 0.245 e. The summed E-state index contributed by atoms with van der Waals surface area (Å²) >= 11 is 0. The van der Waals surface area contributed by atoms with Crippen LogP contribution < -0.4 is 5.73 Å². The Morgan fingerprint density at radius 3 is 2.70 bits per heavy atom. The molecule has 1 aliphatic rings. The molecule has 1 fully saturated rings. The minimum Gasteiger partial charge on any atom is -0.399 e. The number of fused-ring (bicyclic) bond motifs is 1. The molecule has 0 aliphatic heterocycles. The van der Waals surface area contributed by atoms with Gasteiger partial charge in [0.2, 0.25) is 10.0 Å². The number of benzene rings is 1. The van der Waals surface area contributed by atoms with Crippen LogP contribution in [0.4, 0.5) is 5.69 Å². The number of sulfonamides is 1. The molecule has 20 heavy (non-hydrogen) atoms. The van der Waals surface area contributed by atoms with Crippen molar-refractivity contribution in [1.82, 2.24) is 9.29 Å². The molecule has 1 aromatic heterocycles. The van der Waals surface area contributed by atoms with Crippen molar-refractivity contribution in [3.05, 3.63) is 24.4 Å². The van der Waals surface area contributed by atoms with Gasteiger partial charge in [0.25, 0.3) is 0 Å². The summed E-state index contributed by atoms with van der Waals surface area (Å²) < 4.78 is 27.1. The average molecular weight is 293 g/mol. The van der Waals surface area contributed by atoms with E-state index in [0.717, 1.165) is 31.2 Å². The van der Waals surface area contributed by atoms with E-state index in [1.165, 1.54) is 4.31 Å².